The first-order valence-electron chi connectivity index (χ1n) is 8.38. The predicted octanol–water partition coefficient (Wildman–Crippen LogP) is 2.46. The molecule has 0 bridgehead atoms. The Bertz CT molecular complexity index is 563. The topological polar surface area (TPSA) is 70.2 Å². The van der Waals surface area contributed by atoms with Crippen LogP contribution in [0.3, 0.4) is 0 Å². The van der Waals surface area contributed by atoms with E-state index in [0.717, 1.165) is 37.2 Å². The van der Waals surface area contributed by atoms with Gasteiger partial charge in [0.15, 0.2) is 0 Å². The van der Waals surface area contributed by atoms with Crippen molar-refractivity contribution in [2.75, 3.05) is 18.4 Å². The number of carbonyl (C=O) groups excluding carboxylic acids is 2. The summed E-state index contributed by atoms with van der Waals surface area (Å²) in [6.45, 7) is 7.84. The number of nitrogens with one attached hydrogen (secondary N) is 3. The van der Waals surface area contributed by atoms with Crippen LogP contribution in [0.15, 0.2) is 18.2 Å². The van der Waals surface area contributed by atoms with Crippen molar-refractivity contribution in [1.82, 2.24) is 10.6 Å². The van der Waals surface area contributed by atoms with Crippen LogP contribution in [-0.4, -0.2) is 30.9 Å². The summed E-state index contributed by atoms with van der Waals surface area (Å²) < 4.78 is 0. The molecular formula is C18H27N3O2. The van der Waals surface area contributed by atoms with Crippen LogP contribution in [0.5, 0.6) is 0 Å². The summed E-state index contributed by atoms with van der Waals surface area (Å²) in [4.78, 5) is 24.2. The van der Waals surface area contributed by atoms with Crippen molar-refractivity contribution >= 4 is 17.5 Å². The summed E-state index contributed by atoms with van der Waals surface area (Å²) in [6.07, 6.45) is 2.43. The molecular weight excluding hydrogens is 290 g/mol. The van der Waals surface area contributed by atoms with Crippen molar-refractivity contribution in [3.8, 4) is 0 Å². The first kappa shape index (κ1) is 17.5. The van der Waals surface area contributed by atoms with Gasteiger partial charge in [0.05, 0.1) is 0 Å². The highest BCUT2D eigenvalue weighted by Gasteiger charge is 2.17. The van der Waals surface area contributed by atoms with E-state index in [-0.39, 0.29) is 17.9 Å². The molecule has 5 nitrogen and oxygen atoms in total. The molecule has 0 aromatic heterocycles. The summed E-state index contributed by atoms with van der Waals surface area (Å²) in [5, 5.41) is 9.28. The molecule has 2 rings (SSSR count). The van der Waals surface area contributed by atoms with Crippen LogP contribution in [0.2, 0.25) is 0 Å². The van der Waals surface area contributed by atoms with Crippen LogP contribution in [0.1, 0.15) is 49.0 Å². The van der Waals surface area contributed by atoms with E-state index in [4.69, 9.17) is 0 Å². The number of benzene rings is 1. The molecule has 1 aliphatic heterocycles. The van der Waals surface area contributed by atoms with Crippen molar-refractivity contribution in [3.05, 3.63) is 29.3 Å². The molecule has 0 saturated carbocycles. The molecule has 2 amide bonds. The Hall–Kier alpha value is -1.88. The minimum atomic E-state index is -0.0416. The maximum absolute atomic E-state index is 12.3. The zero-order valence-corrected chi connectivity index (χ0v) is 14.2. The Morgan fingerprint density at radius 1 is 1.26 bits per heavy atom. The summed E-state index contributed by atoms with van der Waals surface area (Å²) >= 11 is 0. The highest BCUT2D eigenvalue weighted by atomic mass is 16.2. The van der Waals surface area contributed by atoms with Crippen LogP contribution in [0, 0.1) is 12.8 Å². The van der Waals surface area contributed by atoms with E-state index in [0.29, 0.717) is 17.9 Å². The van der Waals surface area contributed by atoms with Crippen molar-refractivity contribution in [2.45, 2.75) is 46.1 Å². The van der Waals surface area contributed by atoms with Crippen LogP contribution in [0.4, 0.5) is 5.69 Å². The van der Waals surface area contributed by atoms with Crippen LogP contribution in [0.25, 0.3) is 0 Å². The Balaban J connectivity index is 1.97. The van der Waals surface area contributed by atoms with E-state index in [1.165, 1.54) is 0 Å². The van der Waals surface area contributed by atoms with Crippen molar-refractivity contribution in [2.24, 2.45) is 5.92 Å². The molecule has 23 heavy (non-hydrogen) atoms. The molecule has 0 unspecified atom stereocenters. The molecule has 1 fully saturated rings. The summed E-state index contributed by atoms with van der Waals surface area (Å²) in [5.41, 5.74) is 2.32. The number of rotatable bonds is 5. The third kappa shape index (κ3) is 5.36. The van der Waals surface area contributed by atoms with Gasteiger partial charge in [-0.1, -0.05) is 13.8 Å². The predicted molar refractivity (Wildman–Crippen MR) is 92.6 cm³/mol. The zero-order valence-electron chi connectivity index (χ0n) is 14.2. The second-order valence-electron chi connectivity index (χ2n) is 6.67. The van der Waals surface area contributed by atoms with Gasteiger partial charge in [-0.05, 0) is 62.5 Å². The molecule has 5 heteroatoms. The van der Waals surface area contributed by atoms with Gasteiger partial charge in [0, 0.05) is 23.7 Å². The van der Waals surface area contributed by atoms with Crippen LogP contribution in [-0.2, 0) is 4.79 Å². The molecule has 1 heterocycles. The second kappa shape index (κ2) is 8.11. The number of amides is 2. The second-order valence-corrected chi connectivity index (χ2v) is 6.67. The SMILES string of the molecule is Cc1cc(C(=O)NC2CCNCC2)ccc1NC(=O)CC(C)C. The molecule has 126 valence electrons. The van der Waals surface area contributed by atoms with Crippen molar-refractivity contribution in [1.29, 1.82) is 0 Å². The van der Waals surface area contributed by atoms with Crippen LogP contribution < -0.4 is 16.0 Å². The van der Waals surface area contributed by atoms with E-state index in [9.17, 15) is 9.59 Å². The average Bonchev–Trinajstić information content (AvgIpc) is 2.49. The molecule has 0 spiro atoms. The molecule has 0 atom stereocenters. The van der Waals surface area contributed by atoms with Gasteiger partial charge < -0.3 is 16.0 Å². The smallest absolute Gasteiger partial charge is 0.251 e. The maximum atomic E-state index is 12.3. The Morgan fingerprint density at radius 2 is 1.96 bits per heavy atom. The highest BCUT2D eigenvalue weighted by molar-refractivity contribution is 5.96. The zero-order chi connectivity index (χ0) is 16.8. The third-order valence-electron chi connectivity index (χ3n) is 4.03. The molecule has 1 aromatic rings. The number of piperidine rings is 1. The van der Waals surface area contributed by atoms with Gasteiger partial charge in [-0.15, -0.1) is 0 Å². The summed E-state index contributed by atoms with van der Waals surface area (Å²) in [7, 11) is 0. The first-order valence-corrected chi connectivity index (χ1v) is 8.38. The average molecular weight is 317 g/mol. The number of anilines is 1. The lowest BCUT2D eigenvalue weighted by Crippen LogP contribution is -2.42. The molecule has 3 N–H and O–H groups in total. The largest absolute Gasteiger partial charge is 0.349 e. The van der Waals surface area contributed by atoms with E-state index in [1.807, 2.05) is 32.9 Å². The fourth-order valence-electron chi connectivity index (χ4n) is 2.75. The number of carbonyl (C=O) groups is 2. The Labute approximate surface area is 138 Å². The maximum Gasteiger partial charge on any atom is 0.251 e. The van der Waals surface area contributed by atoms with Crippen LogP contribution >= 0.6 is 0 Å². The summed E-state index contributed by atoms with van der Waals surface area (Å²) in [5.74, 6) is 0.292. The van der Waals surface area contributed by atoms with Gasteiger partial charge in [-0.25, -0.2) is 0 Å². The van der Waals surface area contributed by atoms with Gasteiger partial charge in [-0.2, -0.15) is 0 Å². The molecule has 1 aliphatic rings. The van der Waals surface area contributed by atoms with Crippen molar-refractivity contribution < 1.29 is 9.59 Å². The monoisotopic (exact) mass is 317 g/mol. The lowest BCUT2D eigenvalue weighted by molar-refractivity contribution is -0.116. The number of hydrogen-bond acceptors (Lipinski definition) is 3. The quantitative estimate of drug-likeness (QED) is 0.781. The Kier molecular flexibility index (Phi) is 6.16. The van der Waals surface area contributed by atoms with E-state index in [2.05, 4.69) is 16.0 Å². The van der Waals surface area contributed by atoms with E-state index >= 15 is 0 Å². The minimum absolute atomic E-state index is 0.00927. The van der Waals surface area contributed by atoms with Gasteiger partial charge in [0.1, 0.15) is 0 Å². The number of aryl methyl sites for hydroxylation is 1. The molecule has 1 saturated heterocycles. The van der Waals surface area contributed by atoms with E-state index < -0.39 is 0 Å². The van der Waals surface area contributed by atoms with Gasteiger partial charge in [0.25, 0.3) is 5.91 Å². The normalized spacial score (nSPS) is 15.5. The minimum Gasteiger partial charge on any atom is -0.349 e. The molecule has 0 aliphatic carbocycles. The first-order chi connectivity index (χ1) is 11.0. The summed E-state index contributed by atoms with van der Waals surface area (Å²) in [6, 6.07) is 5.66. The van der Waals surface area contributed by atoms with Gasteiger partial charge >= 0.3 is 0 Å². The molecule has 0 radical (unpaired) electrons. The molecule has 1 aromatic carbocycles. The fraction of sp³-hybridized carbons (Fsp3) is 0.556. The lowest BCUT2D eigenvalue weighted by Gasteiger charge is -2.23. The standard InChI is InChI=1S/C18H27N3O2/c1-12(2)10-17(22)21-16-5-4-14(11-13(16)3)18(23)20-15-6-8-19-9-7-15/h4-5,11-12,15,19H,6-10H2,1-3H3,(H,20,23)(H,21,22). The van der Waals surface area contributed by atoms with Gasteiger partial charge in [0.2, 0.25) is 5.91 Å². The van der Waals surface area contributed by atoms with E-state index in [1.54, 1.807) is 6.07 Å². The third-order valence-corrected chi connectivity index (χ3v) is 4.03. The van der Waals surface area contributed by atoms with Gasteiger partial charge in [-0.3, -0.25) is 9.59 Å². The lowest BCUT2D eigenvalue weighted by atomic mass is 10.0. The number of hydrogen-bond donors (Lipinski definition) is 3. The van der Waals surface area contributed by atoms with Crippen molar-refractivity contribution in [3.63, 3.8) is 0 Å². The Morgan fingerprint density at radius 3 is 2.57 bits per heavy atom. The fourth-order valence-corrected chi connectivity index (χ4v) is 2.75. The highest BCUT2D eigenvalue weighted by Crippen LogP contribution is 2.18.